The minimum atomic E-state index is -0.793. The number of thiocarbonyl (C=S) groups is 2. The molecule has 1 fully saturated rings. The van der Waals surface area contributed by atoms with Crippen LogP contribution in [0.3, 0.4) is 0 Å². The molecule has 0 aliphatic carbocycles. The van der Waals surface area contributed by atoms with Crippen LogP contribution >= 0.6 is 24.4 Å². The Kier molecular flexibility index (Phi) is 3.45. The molecule has 0 radical (unpaired) electrons. The Bertz CT molecular complexity index is 762. The van der Waals surface area contributed by atoms with Crippen LogP contribution in [0.25, 0.3) is 0 Å². The summed E-state index contributed by atoms with van der Waals surface area (Å²) >= 11 is 10.2. The van der Waals surface area contributed by atoms with Gasteiger partial charge in [0.15, 0.2) is 0 Å². The summed E-state index contributed by atoms with van der Waals surface area (Å²) in [6.07, 6.45) is 0.801. The summed E-state index contributed by atoms with van der Waals surface area (Å²) < 4.78 is 0. The van der Waals surface area contributed by atoms with Gasteiger partial charge in [0.05, 0.1) is 9.91 Å². The second-order valence-corrected chi connectivity index (χ2v) is 5.78. The van der Waals surface area contributed by atoms with Gasteiger partial charge in [-0.25, -0.2) is 0 Å². The molecule has 0 spiro atoms. The predicted molar refractivity (Wildman–Crippen MR) is 84.7 cm³/mol. The number of nitro benzene ring substituents is 1. The van der Waals surface area contributed by atoms with E-state index < -0.39 is 22.8 Å². The first-order chi connectivity index (χ1) is 10.4. The Hall–Kier alpha value is -2.26. The second-order valence-electron chi connectivity index (χ2n) is 4.90. The van der Waals surface area contributed by atoms with Gasteiger partial charge in [-0.3, -0.25) is 24.6 Å². The molecular formula is C13H9N3O4S2. The van der Waals surface area contributed by atoms with Crippen LogP contribution in [-0.2, 0) is 4.79 Å². The van der Waals surface area contributed by atoms with Crippen LogP contribution in [0.5, 0.6) is 0 Å². The highest BCUT2D eigenvalue weighted by Crippen LogP contribution is 2.33. The zero-order valence-corrected chi connectivity index (χ0v) is 12.7. The summed E-state index contributed by atoms with van der Waals surface area (Å²) in [5.41, 5.74) is -0.0484. The van der Waals surface area contributed by atoms with Gasteiger partial charge in [0, 0.05) is 18.1 Å². The molecule has 112 valence electrons. The van der Waals surface area contributed by atoms with Crippen molar-refractivity contribution in [2.75, 3.05) is 0 Å². The van der Waals surface area contributed by atoms with Crippen molar-refractivity contribution in [3.8, 4) is 0 Å². The highest BCUT2D eigenvalue weighted by molar-refractivity contribution is 7.81. The van der Waals surface area contributed by atoms with Crippen molar-refractivity contribution in [2.24, 2.45) is 0 Å². The monoisotopic (exact) mass is 335 g/mol. The number of carbonyl (C=O) groups excluding carboxylic acids is 2. The molecule has 0 bridgehead atoms. The van der Waals surface area contributed by atoms with E-state index in [2.05, 4.69) is 5.32 Å². The maximum atomic E-state index is 12.6. The summed E-state index contributed by atoms with van der Waals surface area (Å²) in [5, 5.41) is 13.6. The van der Waals surface area contributed by atoms with Gasteiger partial charge in [-0.2, -0.15) is 0 Å². The number of nitrogens with zero attached hydrogens (tertiary/aromatic N) is 2. The smallest absolute Gasteiger partial charge is 0.282 e. The van der Waals surface area contributed by atoms with E-state index in [1.54, 1.807) is 6.07 Å². The molecule has 1 saturated heterocycles. The standard InChI is InChI=1S/C13H9N3O4S2/c17-11-8(4-5-9(21)14-11)15-12(18)10-6(13(15)22)2-1-3-7(10)16(19)20/h1-3,8H,4-5H2,(H,14,17,21). The Morgan fingerprint density at radius 1 is 1.32 bits per heavy atom. The molecule has 9 heteroatoms. The maximum absolute atomic E-state index is 12.6. The van der Waals surface area contributed by atoms with Crippen molar-refractivity contribution in [3.63, 3.8) is 0 Å². The fourth-order valence-corrected chi connectivity index (χ4v) is 3.25. The molecule has 2 amide bonds. The number of hydrogen-bond donors (Lipinski definition) is 1. The lowest BCUT2D eigenvalue weighted by atomic mass is 10.1. The third-order valence-electron chi connectivity index (χ3n) is 3.64. The summed E-state index contributed by atoms with van der Waals surface area (Å²) in [5.74, 6) is -1.03. The van der Waals surface area contributed by atoms with Gasteiger partial charge in [-0.15, -0.1) is 0 Å². The first-order valence-corrected chi connectivity index (χ1v) is 7.22. The van der Waals surface area contributed by atoms with Crippen molar-refractivity contribution in [1.29, 1.82) is 0 Å². The van der Waals surface area contributed by atoms with E-state index in [0.717, 1.165) is 4.90 Å². The van der Waals surface area contributed by atoms with Gasteiger partial charge >= 0.3 is 0 Å². The van der Waals surface area contributed by atoms with Crippen molar-refractivity contribution in [1.82, 2.24) is 10.2 Å². The SMILES string of the molecule is O=C1NC(=S)CCC1N1C(=O)c2c(cccc2[N+](=O)[O-])C1=S. The van der Waals surface area contributed by atoms with E-state index in [-0.39, 0.29) is 16.2 Å². The molecule has 2 heterocycles. The number of benzene rings is 1. The zero-order chi connectivity index (χ0) is 16.0. The number of fused-ring (bicyclic) bond motifs is 1. The van der Waals surface area contributed by atoms with Crippen molar-refractivity contribution < 1.29 is 14.5 Å². The van der Waals surface area contributed by atoms with Gasteiger partial charge in [0.2, 0.25) is 5.91 Å². The van der Waals surface area contributed by atoms with Crippen LogP contribution in [0.4, 0.5) is 5.69 Å². The predicted octanol–water partition coefficient (Wildman–Crippen LogP) is 1.33. The van der Waals surface area contributed by atoms with E-state index in [1.165, 1.54) is 12.1 Å². The quantitative estimate of drug-likeness (QED) is 0.498. The van der Waals surface area contributed by atoms with Crippen LogP contribution in [0.1, 0.15) is 28.8 Å². The first-order valence-electron chi connectivity index (χ1n) is 6.41. The molecule has 0 aromatic heterocycles. The van der Waals surface area contributed by atoms with Crippen molar-refractivity contribution in [3.05, 3.63) is 39.4 Å². The second kappa shape index (κ2) is 5.18. The van der Waals surface area contributed by atoms with Crippen LogP contribution in [-0.4, -0.2) is 37.7 Å². The lowest BCUT2D eigenvalue weighted by Crippen LogP contribution is -2.53. The Morgan fingerprint density at radius 2 is 2.05 bits per heavy atom. The third-order valence-corrected chi connectivity index (χ3v) is 4.37. The van der Waals surface area contributed by atoms with Gasteiger partial charge in [0.1, 0.15) is 16.6 Å². The van der Waals surface area contributed by atoms with Gasteiger partial charge in [-0.05, 0) is 6.42 Å². The van der Waals surface area contributed by atoms with Gasteiger partial charge in [-0.1, -0.05) is 36.6 Å². The topological polar surface area (TPSA) is 92.6 Å². The Morgan fingerprint density at radius 3 is 2.68 bits per heavy atom. The maximum Gasteiger partial charge on any atom is 0.282 e. The number of piperidine rings is 1. The molecule has 1 aromatic rings. The lowest BCUT2D eigenvalue weighted by Gasteiger charge is -2.30. The lowest BCUT2D eigenvalue weighted by molar-refractivity contribution is -0.385. The molecule has 1 aromatic carbocycles. The molecule has 22 heavy (non-hydrogen) atoms. The molecule has 1 atom stereocenters. The third kappa shape index (κ3) is 2.09. The van der Waals surface area contributed by atoms with Gasteiger partial charge < -0.3 is 5.32 Å². The Balaban J connectivity index is 2.04. The highest BCUT2D eigenvalue weighted by Gasteiger charge is 2.44. The van der Waals surface area contributed by atoms with Crippen LogP contribution in [0.15, 0.2) is 18.2 Å². The molecule has 1 unspecified atom stereocenters. The summed E-state index contributed by atoms with van der Waals surface area (Å²) in [7, 11) is 0. The van der Waals surface area contributed by atoms with E-state index in [1.807, 2.05) is 0 Å². The molecule has 7 nitrogen and oxygen atoms in total. The van der Waals surface area contributed by atoms with Crippen LogP contribution in [0, 0.1) is 10.1 Å². The Labute approximate surface area is 135 Å². The largest absolute Gasteiger partial charge is 0.319 e. The van der Waals surface area contributed by atoms with E-state index in [9.17, 15) is 19.7 Å². The summed E-state index contributed by atoms with van der Waals surface area (Å²) in [6.45, 7) is 0. The number of hydrogen-bond acceptors (Lipinski definition) is 6. The highest BCUT2D eigenvalue weighted by atomic mass is 32.1. The number of nitro groups is 1. The van der Waals surface area contributed by atoms with E-state index >= 15 is 0 Å². The number of carbonyl (C=O) groups is 2. The molecule has 2 aliphatic rings. The fourth-order valence-electron chi connectivity index (χ4n) is 2.65. The number of amides is 2. The zero-order valence-electron chi connectivity index (χ0n) is 11.1. The normalized spacial score (nSPS) is 20.9. The molecule has 0 saturated carbocycles. The minimum absolute atomic E-state index is 0.0570. The minimum Gasteiger partial charge on any atom is -0.319 e. The molecule has 3 rings (SSSR count). The average molecular weight is 335 g/mol. The van der Waals surface area contributed by atoms with E-state index in [0.29, 0.717) is 23.4 Å². The summed E-state index contributed by atoms with van der Waals surface area (Å²) in [4.78, 5) is 36.8. The number of rotatable bonds is 2. The molecule has 2 aliphatic heterocycles. The molecule has 1 N–H and O–H groups in total. The van der Waals surface area contributed by atoms with Crippen molar-refractivity contribution >= 4 is 51.9 Å². The molecular weight excluding hydrogens is 326 g/mol. The van der Waals surface area contributed by atoms with Crippen LogP contribution < -0.4 is 5.32 Å². The average Bonchev–Trinajstić information content (AvgIpc) is 2.72. The van der Waals surface area contributed by atoms with E-state index in [4.69, 9.17) is 24.4 Å². The van der Waals surface area contributed by atoms with Crippen LogP contribution in [0.2, 0.25) is 0 Å². The number of nitrogens with one attached hydrogen (secondary N) is 1. The van der Waals surface area contributed by atoms with Gasteiger partial charge in [0.25, 0.3) is 11.6 Å². The van der Waals surface area contributed by atoms with Crippen molar-refractivity contribution in [2.45, 2.75) is 18.9 Å². The fraction of sp³-hybridized carbons (Fsp3) is 0.231. The first kappa shape index (κ1) is 14.7. The summed E-state index contributed by atoms with van der Waals surface area (Å²) in [6, 6.07) is 3.47.